The average Bonchev–Trinajstić information content (AvgIpc) is 2.74. The molecule has 1 aliphatic rings. The Kier molecular flexibility index (Phi) is 4.60. The molecule has 0 aromatic carbocycles. The van der Waals surface area contributed by atoms with Crippen LogP contribution in [0.3, 0.4) is 0 Å². The van der Waals surface area contributed by atoms with E-state index in [9.17, 15) is 9.59 Å². The number of hydrogen-bond acceptors (Lipinski definition) is 5. The van der Waals surface area contributed by atoms with Crippen molar-refractivity contribution in [2.45, 2.75) is 12.5 Å². The van der Waals surface area contributed by atoms with Crippen molar-refractivity contribution >= 4 is 29.4 Å². The highest BCUT2D eigenvalue weighted by molar-refractivity contribution is 7.98. The zero-order valence-electron chi connectivity index (χ0n) is 9.17. The highest BCUT2D eigenvalue weighted by Crippen LogP contribution is 2.13. The van der Waals surface area contributed by atoms with Crippen molar-refractivity contribution in [1.82, 2.24) is 4.90 Å². The summed E-state index contributed by atoms with van der Waals surface area (Å²) in [6, 6.07) is 0. The Labute approximate surface area is 97.6 Å². The number of carboxylic acids is 1. The van der Waals surface area contributed by atoms with E-state index in [0.717, 1.165) is 5.75 Å². The van der Waals surface area contributed by atoms with Crippen molar-refractivity contribution in [2.24, 2.45) is 5.16 Å². The predicted octanol–water partition coefficient (Wildman–Crippen LogP) is 0.0373. The fourth-order valence-corrected chi connectivity index (χ4v) is 1.68. The molecule has 0 spiro atoms. The standard InChI is InChI=1S/C9H14N2O4S/c1-11(3-4-16-2)8(12)7-5-6(9(13)14)10-15-7/h7H,3-5H2,1-2H3,(H,13,14). The lowest BCUT2D eigenvalue weighted by atomic mass is 10.1. The molecule has 1 amide bonds. The first-order valence-electron chi connectivity index (χ1n) is 4.76. The van der Waals surface area contributed by atoms with Crippen LogP contribution in [0.5, 0.6) is 0 Å². The predicted molar refractivity (Wildman–Crippen MR) is 60.6 cm³/mol. The molecule has 0 saturated carbocycles. The summed E-state index contributed by atoms with van der Waals surface area (Å²) in [5, 5.41) is 12.0. The molecule has 1 rings (SSSR count). The quantitative estimate of drug-likeness (QED) is 0.740. The average molecular weight is 246 g/mol. The molecule has 1 aliphatic heterocycles. The van der Waals surface area contributed by atoms with Gasteiger partial charge in [0.1, 0.15) is 0 Å². The number of carboxylic acid groups (broad SMARTS) is 1. The van der Waals surface area contributed by atoms with E-state index in [4.69, 9.17) is 9.94 Å². The van der Waals surface area contributed by atoms with E-state index < -0.39 is 12.1 Å². The topological polar surface area (TPSA) is 79.2 Å². The number of aliphatic carboxylic acids is 1. The first-order valence-corrected chi connectivity index (χ1v) is 6.15. The monoisotopic (exact) mass is 246 g/mol. The van der Waals surface area contributed by atoms with E-state index in [2.05, 4.69) is 5.16 Å². The number of oxime groups is 1. The third-order valence-electron chi connectivity index (χ3n) is 2.20. The van der Waals surface area contributed by atoms with Gasteiger partial charge in [-0.25, -0.2) is 4.79 Å². The Hall–Kier alpha value is -1.24. The largest absolute Gasteiger partial charge is 0.477 e. The molecule has 1 unspecified atom stereocenters. The van der Waals surface area contributed by atoms with Gasteiger partial charge < -0.3 is 14.8 Å². The minimum atomic E-state index is -1.14. The number of carbonyl (C=O) groups is 2. The minimum absolute atomic E-state index is 0.0395. The first-order chi connectivity index (χ1) is 7.56. The van der Waals surface area contributed by atoms with Crippen molar-refractivity contribution in [3.05, 3.63) is 0 Å². The van der Waals surface area contributed by atoms with Gasteiger partial charge in [-0.3, -0.25) is 4.79 Å². The highest BCUT2D eigenvalue weighted by Gasteiger charge is 2.33. The summed E-state index contributed by atoms with van der Waals surface area (Å²) in [7, 11) is 1.67. The zero-order chi connectivity index (χ0) is 12.1. The Balaban J connectivity index is 2.43. The molecule has 0 aromatic rings. The van der Waals surface area contributed by atoms with Gasteiger partial charge in [0.05, 0.1) is 0 Å². The summed E-state index contributed by atoms with van der Waals surface area (Å²) in [5.74, 6) is -0.530. The first kappa shape index (κ1) is 12.8. The van der Waals surface area contributed by atoms with Gasteiger partial charge in [-0.15, -0.1) is 0 Å². The maximum atomic E-state index is 11.7. The lowest BCUT2D eigenvalue weighted by molar-refractivity contribution is -0.140. The van der Waals surface area contributed by atoms with Crippen molar-refractivity contribution in [1.29, 1.82) is 0 Å². The van der Waals surface area contributed by atoms with E-state index in [1.807, 2.05) is 6.26 Å². The SMILES string of the molecule is CSCCN(C)C(=O)C1CC(C(=O)O)=NO1. The van der Waals surface area contributed by atoms with Crippen LogP contribution in [0.1, 0.15) is 6.42 Å². The van der Waals surface area contributed by atoms with Crippen LogP contribution in [-0.4, -0.2) is 59.3 Å². The lowest BCUT2D eigenvalue weighted by Gasteiger charge is -2.18. The maximum Gasteiger partial charge on any atom is 0.353 e. The van der Waals surface area contributed by atoms with Gasteiger partial charge in [0.15, 0.2) is 5.71 Å². The van der Waals surface area contributed by atoms with Gasteiger partial charge in [-0.05, 0) is 6.26 Å². The normalized spacial score (nSPS) is 18.9. The van der Waals surface area contributed by atoms with Crippen LogP contribution in [0.2, 0.25) is 0 Å². The number of hydrogen-bond donors (Lipinski definition) is 1. The van der Waals surface area contributed by atoms with Crippen LogP contribution in [0, 0.1) is 0 Å². The number of carbonyl (C=O) groups excluding carboxylic acids is 1. The Morgan fingerprint density at radius 1 is 1.69 bits per heavy atom. The van der Waals surface area contributed by atoms with Gasteiger partial charge in [-0.1, -0.05) is 5.16 Å². The molecular formula is C9H14N2O4S. The molecule has 6 nitrogen and oxygen atoms in total. The van der Waals surface area contributed by atoms with Gasteiger partial charge in [0.2, 0.25) is 6.10 Å². The maximum absolute atomic E-state index is 11.7. The second-order valence-electron chi connectivity index (χ2n) is 3.39. The van der Waals surface area contributed by atoms with E-state index >= 15 is 0 Å². The van der Waals surface area contributed by atoms with Crippen LogP contribution >= 0.6 is 11.8 Å². The summed E-state index contributed by atoms with van der Waals surface area (Å²) >= 11 is 1.64. The van der Waals surface area contributed by atoms with E-state index in [1.54, 1.807) is 18.8 Å². The third kappa shape index (κ3) is 3.13. The Bertz CT molecular complexity index is 319. The van der Waals surface area contributed by atoms with Crippen LogP contribution in [-0.2, 0) is 14.4 Å². The molecule has 16 heavy (non-hydrogen) atoms. The summed E-state index contributed by atoms with van der Waals surface area (Å²) in [5.41, 5.74) is -0.100. The summed E-state index contributed by atoms with van der Waals surface area (Å²) in [6.45, 7) is 0.613. The van der Waals surface area contributed by atoms with Gasteiger partial charge >= 0.3 is 5.97 Å². The van der Waals surface area contributed by atoms with Gasteiger partial charge in [0, 0.05) is 25.8 Å². The summed E-state index contributed by atoms with van der Waals surface area (Å²) < 4.78 is 0. The van der Waals surface area contributed by atoms with Gasteiger partial charge in [0.25, 0.3) is 5.91 Å². The molecule has 7 heteroatoms. The van der Waals surface area contributed by atoms with Crippen LogP contribution in [0.15, 0.2) is 5.16 Å². The molecule has 0 aliphatic carbocycles. The van der Waals surface area contributed by atoms with Gasteiger partial charge in [-0.2, -0.15) is 11.8 Å². The minimum Gasteiger partial charge on any atom is -0.477 e. The summed E-state index contributed by atoms with van der Waals surface area (Å²) in [4.78, 5) is 28.6. The number of likely N-dealkylation sites (N-methyl/N-ethyl adjacent to an activating group) is 1. The molecule has 1 N–H and O–H groups in total. The van der Waals surface area contributed by atoms with Crippen molar-refractivity contribution in [3.8, 4) is 0 Å². The fourth-order valence-electron chi connectivity index (χ4n) is 1.22. The van der Waals surface area contributed by atoms with E-state index in [-0.39, 0.29) is 18.0 Å². The zero-order valence-corrected chi connectivity index (χ0v) is 9.99. The Morgan fingerprint density at radius 2 is 2.38 bits per heavy atom. The third-order valence-corrected chi connectivity index (χ3v) is 2.79. The molecule has 0 fully saturated rings. The number of rotatable bonds is 5. The van der Waals surface area contributed by atoms with Crippen LogP contribution in [0.4, 0.5) is 0 Å². The number of nitrogens with zero attached hydrogens (tertiary/aromatic N) is 2. The number of amides is 1. The highest BCUT2D eigenvalue weighted by atomic mass is 32.2. The number of thioether (sulfide) groups is 1. The lowest BCUT2D eigenvalue weighted by Crippen LogP contribution is -2.38. The second-order valence-corrected chi connectivity index (χ2v) is 4.38. The fraction of sp³-hybridized carbons (Fsp3) is 0.667. The molecule has 1 atom stereocenters. The molecule has 0 bridgehead atoms. The van der Waals surface area contributed by atoms with Crippen LogP contribution < -0.4 is 0 Å². The smallest absolute Gasteiger partial charge is 0.353 e. The van der Waals surface area contributed by atoms with Crippen LogP contribution in [0.25, 0.3) is 0 Å². The molecular weight excluding hydrogens is 232 g/mol. The molecule has 0 aromatic heterocycles. The molecule has 0 radical (unpaired) electrons. The van der Waals surface area contributed by atoms with E-state index in [0.29, 0.717) is 6.54 Å². The summed E-state index contributed by atoms with van der Waals surface area (Å²) in [6.07, 6.45) is 1.21. The van der Waals surface area contributed by atoms with E-state index in [1.165, 1.54) is 4.90 Å². The van der Waals surface area contributed by atoms with Crippen molar-refractivity contribution in [2.75, 3.05) is 25.6 Å². The van der Waals surface area contributed by atoms with Crippen molar-refractivity contribution in [3.63, 3.8) is 0 Å². The molecule has 0 saturated heterocycles. The van der Waals surface area contributed by atoms with Crippen molar-refractivity contribution < 1.29 is 19.5 Å². The molecule has 1 heterocycles. The molecule has 90 valence electrons. The Morgan fingerprint density at radius 3 is 2.88 bits per heavy atom. The second kappa shape index (κ2) is 5.74.